The quantitative estimate of drug-likeness (QED) is 0.192. The molecule has 0 aliphatic rings. The summed E-state index contributed by atoms with van der Waals surface area (Å²) in [6, 6.07) is 0. The van der Waals surface area contributed by atoms with Gasteiger partial charge in [0, 0.05) is 12.6 Å². The maximum absolute atomic E-state index is 7.50. The number of rotatable bonds is 1. The van der Waals surface area contributed by atoms with E-state index in [1.165, 1.54) is 0 Å². The van der Waals surface area contributed by atoms with E-state index in [-0.39, 0.29) is 34.1 Å². The third-order valence-corrected chi connectivity index (χ3v) is 0.548. The molecule has 0 spiro atoms. The van der Waals surface area contributed by atoms with Crippen molar-refractivity contribution in [3.63, 3.8) is 0 Å². The molecule has 0 aromatic rings. The van der Waals surface area contributed by atoms with Crippen LogP contribution in [0.5, 0.6) is 0 Å². The molecule has 0 aliphatic heterocycles. The van der Waals surface area contributed by atoms with E-state index < -0.39 is 0 Å². The fourth-order valence-electron chi connectivity index (χ4n) is 0.0456. The summed E-state index contributed by atoms with van der Waals surface area (Å²) in [5.41, 5.74) is 1.56. The van der Waals surface area contributed by atoms with E-state index in [1.807, 2.05) is 0 Å². The van der Waals surface area contributed by atoms with Crippen LogP contribution in [0.2, 0.25) is 0 Å². The number of hydrogen-bond acceptors (Lipinski definition) is 2. The van der Waals surface area contributed by atoms with Crippen LogP contribution in [0, 0.1) is 38.4 Å². The third kappa shape index (κ3) is 881. The van der Waals surface area contributed by atoms with Gasteiger partial charge < -0.3 is 11.8 Å². The van der Waals surface area contributed by atoms with Crippen molar-refractivity contribution >= 4 is 30.8 Å². The summed E-state index contributed by atoms with van der Waals surface area (Å²) < 4.78 is 30.0. The first-order valence-corrected chi connectivity index (χ1v) is 3.54. The topological polar surface area (TPSA) is 116 Å². The average Bonchev–Trinajstić information content (AvgIpc) is 2.42. The van der Waals surface area contributed by atoms with Crippen molar-refractivity contribution in [3.05, 3.63) is 33.2 Å². The van der Waals surface area contributed by atoms with Crippen LogP contribution in [0.1, 0.15) is 0 Å². The van der Waals surface area contributed by atoms with Crippen molar-refractivity contribution in [2.75, 3.05) is 5.88 Å². The molecular weight excluding hydrogens is 352 g/mol. The van der Waals surface area contributed by atoms with Crippen LogP contribution in [0.3, 0.4) is 0 Å². The Labute approximate surface area is 132 Å². The molecule has 91 valence electrons. The van der Waals surface area contributed by atoms with Crippen molar-refractivity contribution in [1.29, 1.82) is 5.26 Å². The Hall–Kier alpha value is -0.141. The normalized spacial score (nSPS) is 3.53. The zero-order valence-corrected chi connectivity index (χ0v) is 12.2. The molecule has 0 bridgehead atoms. The maximum Gasteiger partial charge on any atom is 3.00 e. The minimum atomic E-state index is 0. The molecule has 0 aliphatic carbocycles. The van der Waals surface area contributed by atoms with E-state index in [1.54, 1.807) is 5.55 Å². The van der Waals surface area contributed by atoms with Crippen LogP contribution in [0.4, 0.5) is 0 Å². The maximum atomic E-state index is 7.50. The zero-order chi connectivity index (χ0) is 14.1. The molecular formula is C7H7Fe2N2O4S2+6. The van der Waals surface area contributed by atoms with Crippen molar-refractivity contribution < 1.29 is 52.7 Å². The predicted octanol–water partition coefficient (Wildman–Crippen LogP) is -1.06. The van der Waals surface area contributed by atoms with Crippen LogP contribution in [-0.4, -0.2) is 11.4 Å². The van der Waals surface area contributed by atoms with Gasteiger partial charge in [-0.3, -0.25) is 0 Å². The molecule has 1 radical (unpaired) electrons. The molecule has 0 saturated heterocycles. The molecule has 0 N–H and O–H groups in total. The Morgan fingerprint density at radius 1 is 0.941 bits per heavy atom. The van der Waals surface area contributed by atoms with Gasteiger partial charge in [0.25, 0.3) is 0 Å². The Morgan fingerprint density at radius 2 is 1.12 bits per heavy atom. The first kappa shape index (κ1) is 54.0. The van der Waals surface area contributed by atoms with Crippen molar-refractivity contribution in [3.8, 4) is 0 Å². The molecule has 0 aromatic heterocycles. The van der Waals surface area contributed by atoms with Crippen LogP contribution in [0.15, 0.2) is 4.99 Å². The second-order valence-electron chi connectivity index (χ2n) is 0.470. The fraction of sp³-hybridized carbons (Fsp3) is 0.143. The first-order chi connectivity index (χ1) is 7.41. The smallest absolute Gasteiger partial charge is 0.196 e. The molecule has 0 rings (SSSR count). The Morgan fingerprint density at radius 3 is 1.12 bits per heavy atom. The predicted molar refractivity (Wildman–Crippen MR) is 54.4 cm³/mol. The number of aliphatic imine (C=N–C) groups is 1. The van der Waals surface area contributed by atoms with Gasteiger partial charge in [0.2, 0.25) is 5.55 Å². The van der Waals surface area contributed by atoms with Gasteiger partial charge in [0.1, 0.15) is 0 Å². The minimum Gasteiger partial charge on any atom is -0.196 e. The third-order valence-electron chi connectivity index (χ3n) is 0.183. The molecule has 0 aromatic carbocycles. The minimum absolute atomic E-state index is 0. The molecule has 0 unspecified atom stereocenters. The second kappa shape index (κ2) is 428. The summed E-state index contributed by atoms with van der Waals surface area (Å²) in [5, 5.41) is 6.25. The Kier molecular flexibility index (Phi) is 1360. The molecule has 0 amide bonds. The Balaban J connectivity index is -0.00000001000. The van der Waals surface area contributed by atoms with Crippen molar-refractivity contribution in [2.45, 2.75) is 0 Å². The molecule has 6 nitrogen and oxygen atoms in total. The van der Waals surface area contributed by atoms with E-state index in [0.29, 0.717) is 5.88 Å². The average molecular weight is 359 g/mol. The SMILES string of the molecule is [C-]#N.[C-]#[O+].[C-]#[O+].[C-]#[O+].[C-]#[O+].[Fe+2].[Fe+3].[SH2+]/C=N/C[SH2+]. The van der Waals surface area contributed by atoms with E-state index >= 15 is 0 Å². The van der Waals surface area contributed by atoms with Gasteiger partial charge in [-0.1, -0.05) is 0 Å². The van der Waals surface area contributed by atoms with Gasteiger partial charge in [0.05, 0.1) is 0 Å². The summed E-state index contributed by atoms with van der Waals surface area (Å²) in [5.74, 6) is 0.670. The molecule has 0 saturated carbocycles. The molecule has 17 heavy (non-hydrogen) atoms. The summed E-state index contributed by atoms with van der Waals surface area (Å²) in [6.45, 7) is 22.8. The fourth-order valence-corrected chi connectivity index (χ4v) is 0.411. The largest absolute Gasteiger partial charge is 3.00 e. The van der Waals surface area contributed by atoms with Gasteiger partial charge in [0.15, 0.2) is 5.88 Å². The van der Waals surface area contributed by atoms with E-state index in [0.717, 1.165) is 0 Å². The summed E-state index contributed by atoms with van der Waals surface area (Å²) >= 11 is 6.15. The van der Waals surface area contributed by atoms with Crippen molar-refractivity contribution in [1.82, 2.24) is 0 Å². The second-order valence-corrected chi connectivity index (χ2v) is 1.04. The monoisotopic (exact) mass is 359 g/mol. The van der Waals surface area contributed by atoms with Crippen molar-refractivity contribution in [2.24, 2.45) is 4.99 Å². The number of nitrogens with zero attached hydrogens (tertiary/aromatic N) is 2. The summed E-state index contributed by atoms with van der Waals surface area (Å²) in [4.78, 5) is 3.67. The van der Waals surface area contributed by atoms with Gasteiger partial charge in [-0.25, -0.2) is 0 Å². The van der Waals surface area contributed by atoms with Crippen LogP contribution >= 0.6 is 0 Å². The van der Waals surface area contributed by atoms with E-state index in [9.17, 15) is 0 Å². The summed E-state index contributed by atoms with van der Waals surface area (Å²) in [6.07, 6.45) is 0. The van der Waals surface area contributed by atoms with E-state index in [2.05, 4.69) is 56.9 Å². The standard InChI is InChI=1S/C2H5NS2.CN.4CO.2Fe/c4-1-3-2-5;5*1-2;;/h1,5H,2H2,(H,3,4);;;;;;;/q;-1;;;;;+2;+3/p+2. The van der Waals surface area contributed by atoms with Crippen LogP contribution < -0.4 is 0 Å². The molecule has 0 heterocycles. The van der Waals surface area contributed by atoms with Gasteiger partial charge in [-0.15, -0.1) is 0 Å². The molecule has 0 fully saturated rings. The zero-order valence-electron chi connectivity index (χ0n) is 8.02. The Bertz CT molecular complexity index is 158. The van der Waals surface area contributed by atoms with Gasteiger partial charge in [-0.05, 0) is 12.6 Å². The number of hydrogen-bond donors (Lipinski definition) is 0. The van der Waals surface area contributed by atoms with Gasteiger partial charge >= 0.3 is 79.3 Å². The van der Waals surface area contributed by atoms with Crippen LogP contribution in [-0.2, 0) is 78.0 Å². The first-order valence-electron chi connectivity index (χ1n) is 2.26. The molecule has 0 atom stereocenters. The van der Waals surface area contributed by atoms with Gasteiger partial charge in [-0.2, -0.15) is 4.99 Å². The molecule has 10 heteroatoms. The van der Waals surface area contributed by atoms with Crippen LogP contribution in [0.25, 0.3) is 0 Å². The van der Waals surface area contributed by atoms with E-state index in [4.69, 9.17) is 30.4 Å². The summed E-state index contributed by atoms with van der Waals surface area (Å²) in [7, 11) is 0.